The largest absolute Gasteiger partial charge is 0.388 e. The first-order valence-corrected chi connectivity index (χ1v) is 10.0. The lowest BCUT2D eigenvalue weighted by atomic mass is 10.0. The smallest absolute Gasteiger partial charge is 0.164 e. The van der Waals surface area contributed by atoms with Crippen LogP contribution in [-0.2, 0) is 32.2 Å². The van der Waals surface area contributed by atoms with Gasteiger partial charge >= 0.3 is 0 Å². The highest BCUT2D eigenvalue weighted by molar-refractivity contribution is 5.16. The number of aliphatic hydroxyl groups is 2. The molecule has 7 heteroatoms. The standard InChI is InChI=1S/C23H29FO6/c1-23(2)29-21(19(25)14-27-12-16-8-4-3-5-9-16)22(30-23)20(26)15-28-13-17-10-6-7-11-18(17)24/h3-11,19-22,25-26H,12-15H2,1-2H3/t19-,20-,21-,22-/m1/s1. The summed E-state index contributed by atoms with van der Waals surface area (Å²) in [7, 11) is 0. The minimum absolute atomic E-state index is 0.0219. The van der Waals surface area contributed by atoms with Crippen LogP contribution in [0.25, 0.3) is 0 Å². The van der Waals surface area contributed by atoms with Crippen molar-refractivity contribution in [2.45, 2.75) is 57.3 Å². The van der Waals surface area contributed by atoms with Crippen LogP contribution in [0.2, 0.25) is 0 Å². The second kappa shape index (κ2) is 10.4. The fourth-order valence-electron chi connectivity index (χ4n) is 3.38. The van der Waals surface area contributed by atoms with Gasteiger partial charge in [0.15, 0.2) is 5.79 Å². The lowest BCUT2D eigenvalue weighted by Gasteiger charge is -2.25. The number of hydrogen-bond acceptors (Lipinski definition) is 6. The molecule has 1 fully saturated rings. The summed E-state index contributed by atoms with van der Waals surface area (Å²) in [5, 5.41) is 21.2. The monoisotopic (exact) mass is 420 g/mol. The van der Waals surface area contributed by atoms with E-state index in [1.165, 1.54) is 6.07 Å². The van der Waals surface area contributed by atoms with E-state index in [1.54, 1.807) is 32.0 Å². The first-order chi connectivity index (χ1) is 14.4. The summed E-state index contributed by atoms with van der Waals surface area (Å²) in [6.45, 7) is 3.74. The van der Waals surface area contributed by atoms with Crippen molar-refractivity contribution in [2.75, 3.05) is 13.2 Å². The van der Waals surface area contributed by atoms with Crippen molar-refractivity contribution in [1.29, 1.82) is 0 Å². The van der Waals surface area contributed by atoms with Gasteiger partial charge in [0.2, 0.25) is 0 Å². The molecule has 4 atom stereocenters. The Morgan fingerprint density at radius 1 is 0.867 bits per heavy atom. The van der Waals surface area contributed by atoms with Crippen LogP contribution in [0.5, 0.6) is 0 Å². The Labute approximate surface area is 176 Å². The van der Waals surface area contributed by atoms with Gasteiger partial charge in [-0.25, -0.2) is 4.39 Å². The van der Waals surface area contributed by atoms with E-state index < -0.39 is 30.2 Å². The average molecular weight is 420 g/mol. The average Bonchev–Trinajstić information content (AvgIpc) is 3.06. The normalized spacial score (nSPS) is 22.7. The van der Waals surface area contributed by atoms with Gasteiger partial charge in [-0.2, -0.15) is 0 Å². The molecule has 1 saturated heterocycles. The molecule has 0 saturated carbocycles. The molecule has 0 unspecified atom stereocenters. The molecule has 30 heavy (non-hydrogen) atoms. The predicted molar refractivity (Wildman–Crippen MR) is 108 cm³/mol. The van der Waals surface area contributed by atoms with Crippen LogP contribution in [0.1, 0.15) is 25.0 Å². The molecule has 2 aromatic carbocycles. The van der Waals surface area contributed by atoms with Crippen LogP contribution >= 0.6 is 0 Å². The molecule has 0 spiro atoms. The molecule has 0 bridgehead atoms. The van der Waals surface area contributed by atoms with E-state index in [0.717, 1.165) is 5.56 Å². The zero-order valence-corrected chi connectivity index (χ0v) is 17.2. The van der Waals surface area contributed by atoms with Crippen molar-refractivity contribution < 1.29 is 33.6 Å². The first kappa shape index (κ1) is 22.8. The predicted octanol–water partition coefficient (Wildman–Crippen LogP) is 2.80. The van der Waals surface area contributed by atoms with Crippen molar-refractivity contribution in [1.82, 2.24) is 0 Å². The van der Waals surface area contributed by atoms with E-state index in [1.807, 2.05) is 30.3 Å². The molecule has 6 nitrogen and oxygen atoms in total. The molecule has 1 aliphatic rings. The molecule has 0 aromatic heterocycles. The molecule has 0 amide bonds. The van der Waals surface area contributed by atoms with Gasteiger partial charge in [-0.1, -0.05) is 48.5 Å². The van der Waals surface area contributed by atoms with Crippen LogP contribution in [0.4, 0.5) is 4.39 Å². The quantitative estimate of drug-likeness (QED) is 0.616. The van der Waals surface area contributed by atoms with Crippen molar-refractivity contribution in [3.63, 3.8) is 0 Å². The van der Waals surface area contributed by atoms with Gasteiger partial charge in [0, 0.05) is 5.56 Å². The van der Waals surface area contributed by atoms with Gasteiger partial charge < -0.3 is 29.2 Å². The maximum absolute atomic E-state index is 13.7. The van der Waals surface area contributed by atoms with Crippen molar-refractivity contribution >= 4 is 0 Å². The Bertz CT molecular complexity index is 784. The molecule has 3 rings (SSSR count). The van der Waals surface area contributed by atoms with Gasteiger partial charge in [0.1, 0.15) is 30.2 Å². The second-order valence-corrected chi connectivity index (χ2v) is 7.81. The Hall–Kier alpha value is -1.87. The van der Waals surface area contributed by atoms with Crippen molar-refractivity contribution in [2.24, 2.45) is 0 Å². The summed E-state index contributed by atoms with van der Waals surface area (Å²) in [6, 6.07) is 15.9. The topological polar surface area (TPSA) is 77.4 Å². The lowest BCUT2D eigenvalue weighted by molar-refractivity contribution is -0.165. The Morgan fingerprint density at radius 3 is 2.00 bits per heavy atom. The van der Waals surface area contributed by atoms with Gasteiger partial charge in [0.25, 0.3) is 0 Å². The molecule has 1 aliphatic heterocycles. The van der Waals surface area contributed by atoms with Crippen LogP contribution in [0, 0.1) is 5.82 Å². The third-order valence-electron chi connectivity index (χ3n) is 4.83. The molecule has 2 N–H and O–H groups in total. The molecular weight excluding hydrogens is 391 g/mol. The zero-order valence-electron chi connectivity index (χ0n) is 17.2. The van der Waals surface area contributed by atoms with Crippen LogP contribution < -0.4 is 0 Å². The summed E-state index contributed by atoms with van der Waals surface area (Å²) in [4.78, 5) is 0. The highest BCUT2D eigenvalue weighted by Gasteiger charge is 2.48. The lowest BCUT2D eigenvalue weighted by Crippen LogP contribution is -2.45. The summed E-state index contributed by atoms with van der Waals surface area (Å²) < 4.78 is 36.4. The summed E-state index contributed by atoms with van der Waals surface area (Å²) in [6.07, 6.45) is -3.66. The fraction of sp³-hybridized carbons (Fsp3) is 0.478. The molecule has 0 radical (unpaired) electrons. The minimum atomic E-state index is -1.06. The third-order valence-corrected chi connectivity index (χ3v) is 4.83. The molecule has 1 heterocycles. The number of rotatable bonds is 10. The Morgan fingerprint density at radius 2 is 1.40 bits per heavy atom. The number of hydrogen-bond donors (Lipinski definition) is 2. The number of aliphatic hydroxyl groups excluding tert-OH is 2. The molecule has 164 valence electrons. The first-order valence-electron chi connectivity index (χ1n) is 10.0. The fourth-order valence-corrected chi connectivity index (χ4v) is 3.38. The number of benzene rings is 2. The number of halogens is 1. The van der Waals surface area contributed by atoms with Gasteiger partial charge in [0.05, 0.1) is 26.4 Å². The Kier molecular flexibility index (Phi) is 7.93. The maximum Gasteiger partial charge on any atom is 0.164 e. The highest BCUT2D eigenvalue weighted by Crippen LogP contribution is 2.32. The number of ether oxygens (including phenoxy) is 4. The summed E-state index contributed by atoms with van der Waals surface area (Å²) in [5.74, 6) is -1.33. The minimum Gasteiger partial charge on any atom is -0.388 e. The second-order valence-electron chi connectivity index (χ2n) is 7.81. The van der Waals surface area contributed by atoms with E-state index in [-0.39, 0.29) is 25.6 Å². The van der Waals surface area contributed by atoms with E-state index in [4.69, 9.17) is 18.9 Å². The SMILES string of the molecule is CC1(C)O[C@H]([C@H](O)COCc2ccccc2)[C@@H]([C@H](O)COCc2ccccc2F)O1. The summed E-state index contributed by atoms with van der Waals surface area (Å²) >= 11 is 0. The van der Waals surface area contributed by atoms with Crippen molar-refractivity contribution in [3.05, 3.63) is 71.5 Å². The van der Waals surface area contributed by atoms with E-state index in [2.05, 4.69) is 0 Å². The highest BCUT2D eigenvalue weighted by atomic mass is 19.1. The summed E-state index contributed by atoms with van der Waals surface area (Å²) in [5.41, 5.74) is 1.39. The van der Waals surface area contributed by atoms with Gasteiger partial charge in [-0.05, 0) is 25.5 Å². The molecule has 2 aromatic rings. The van der Waals surface area contributed by atoms with Crippen molar-refractivity contribution in [3.8, 4) is 0 Å². The van der Waals surface area contributed by atoms with Crippen LogP contribution in [-0.4, -0.2) is 53.6 Å². The molecular formula is C23H29FO6. The maximum atomic E-state index is 13.7. The third kappa shape index (κ3) is 6.31. The van der Waals surface area contributed by atoms with E-state index in [9.17, 15) is 14.6 Å². The van der Waals surface area contributed by atoms with Crippen LogP contribution in [0.15, 0.2) is 54.6 Å². The van der Waals surface area contributed by atoms with Gasteiger partial charge in [-0.15, -0.1) is 0 Å². The van der Waals surface area contributed by atoms with E-state index in [0.29, 0.717) is 12.2 Å². The van der Waals surface area contributed by atoms with E-state index >= 15 is 0 Å². The van der Waals surface area contributed by atoms with Crippen LogP contribution in [0.3, 0.4) is 0 Å². The van der Waals surface area contributed by atoms with Gasteiger partial charge in [-0.3, -0.25) is 0 Å². The molecule has 0 aliphatic carbocycles. The zero-order chi connectivity index (χ0) is 21.6. The Balaban J connectivity index is 1.51.